The van der Waals surface area contributed by atoms with E-state index in [0.717, 1.165) is 23.5 Å². The van der Waals surface area contributed by atoms with Gasteiger partial charge in [-0.15, -0.1) is 0 Å². The van der Waals surface area contributed by atoms with Crippen LogP contribution in [0.5, 0.6) is 11.6 Å². The quantitative estimate of drug-likeness (QED) is 0.691. The first-order chi connectivity index (χ1) is 13.1. The first-order valence-corrected chi connectivity index (χ1v) is 8.58. The van der Waals surface area contributed by atoms with E-state index in [9.17, 15) is 4.79 Å². The molecule has 1 aliphatic rings. The van der Waals surface area contributed by atoms with Crippen LogP contribution in [0.2, 0.25) is 0 Å². The Kier molecular flexibility index (Phi) is 4.23. The van der Waals surface area contributed by atoms with Gasteiger partial charge in [0.05, 0.1) is 37.7 Å². The maximum Gasteiger partial charge on any atom is 0.261 e. The topological polar surface area (TPSA) is 82.4 Å². The van der Waals surface area contributed by atoms with Crippen molar-refractivity contribution in [2.45, 2.75) is 20.0 Å². The Bertz CT molecular complexity index is 1010. The molecular formula is C19H19N5O3. The number of aryl methyl sites for hydroxylation is 1. The van der Waals surface area contributed by atoms with Crippen LogP contribution >= 0.6 is 0 Å². The maximum atomic E-state index is 12.7. The summed E-state index contributed by atoms with van der Waals surface area (Å²) < 4.78 is 12.3. The van der Waals surface area contributed by atoms with Crippen LogP contribution in [-0.2, 0) is 13.1 Å². The minimum absolute atomic E-state index is 0.0872. The molecule has 0 N–H and O–H groups in total. The SMILES string of the molecule is CCn1ccc(N2Cc3nc(-c4cnc(OC)c(OC)c4)ccc3C2=O)n1. The minimum atomic E-state index is -0.0872. The lowest BCUT2D eigenvalue weighted by Gasteiger charge is -2.11. The molecule has 8 heteroatoms. The Labute approximate surface area is 156 Å². The van der Waals surface area contributed by atoms with E-state index >= 15 is 0 Å². The van der Waals surface area contributed by atoms with Crippen molar-refractivity contribution in [3.05, 3.63) is 47.9 Å². The molecule has 0 radical (unpaired) electrons. The maximum absolute atomic E-state index is 12.7. The van der Waals surface area contributed by atoms with Gasteiger partial charge in [-0.1, -0.05) is 0 Å². The Morgan fingerprint density at radius 3 is 2.74 bits per heavy atom. The number of nitrogens with zero attached hydrogens (tertiary/aromatic N) is 5. The third-order valence-corrected chi connectivity index (χ3v) is 4.51. The van der Waals surface area contributed by atoms with Crippen molar-refractivity contribution >= 4 is 11.7 Å². The minimum Gasteiger partial charge on any atom is -0.491 e. The summed E-state index contributed by atoms with van der Waals surface area (Å²) in [4.78, 5) is 23.3. The summed E-state index contributed by atoms with van der Waals surface area (Å²) in [5.74, 6) is 1.49. The molecule has 0 aromatic carbocycles. The predicted molar refractivity (Wildman–Crippen MR) is 99.0 cm³/mol. The molecule has 0 unspecified atom stereocenters. The van der Waals surface area contributed by atoms with Crippen molar-refractivity contribution in [3.8, 4) is 22.9 Å². The van der Waals surface area contributed by atoms with Crippen LogP contribution < -0.4 is 14.4 Å². The van der Waals surface area contributed by atoms with Gasteiger partial charge in [-0.05, 0) is 25.1 Å². The van der Waals surface area contributed by atoms with E-state index in [1.54, 1.807) is 29.0 Å². The van der Waals surface area contributed by atoms with E-state index in [4.69, 9.17) is 9.47 Å². The van der Waals surface area contributed by atoms with E-state index < -0.39 is 0 Å². The van der Waals surface area contributed by atoms with Crippen LogP contribution in [0, 0.1) is 0 Å². The molecule has 0 bridgehead atoms. The summed E-state index contributed by atoms with van der Waals surface area (Å²) in [6.07, 6.45) is 3.54. The van der Waals surface area contributed by atoms with Crippen LogP contribution in [-0.4, -0.2) is 39.9 Å². The number of pyridine rings is 2. The third-order valence-electron chi connectivity index (χ3n) is 4.51. The number of carbonyl (C=O) groups excluding carboxylic acids is 1. The van der Waals surface area contributed by atoms with E-state index in [0.29, 0.717) is 29.6 Å². The van der Waals surface area contributed by atoms with Crippen molar-refractivity contribution in [1.29, 1.82) is 0 Å². The van der Waals surface area contributed by atoms with E-state index in [-0.39, 0.29) is 5.91 Å². The number of anilines is 1. The van der Waals surface area contributed by atoms with Crippen LogP contribution in [0.15, 0.2) is 36.7 Å². The van der Waals surface area contributed by atoms with Gasteiger partial charge in [0, 0.05) is 30.6 Å². The van der Waals surface area contributed by atoms with Crippen molar-refractivity contribution in [2.75, 3.05) is 19.1 Å². The highest BCUT2D eigenvalue weighted by Crippen LogP contribution is 2.31. The molecule has 4 heterocycles. The van der Waals surface area contributed by atoms with Gasteiger partial charge in [0.2, 0.25) is 0 Å². The van der Waals surface area contributed by atoms with Crippen molar-refractivity contribution in [3.63, 3.8) is 0 Å². The molecule has 4 rings (SSSR count). The van der Waals surface area contributed by atoms with Crippen molar-refractivity contribution < 1.29 is 14.3 Å². The van der Waals surface area contributed by atoms with Gasteiger partial charge in [-0.25, -0.2) is 4.98 Å². The molecule has 0 atom stereocenters. The molecule has 1 amide bonds. The molecule has 0 saturated carbocycles. The lowest BCUT2D eigenvalue weighted by Crippen LogP contribution is -2.23. The molecule has 0 saturated heterocycles. The van der Waals surface area contributed by atoms with Gasteiger partial charge in [-0.3, -0.25) is 19.4 Å². The first-order valence-electron chi connectivity index (χ1n) is 8.58. The molecule has 3 aromatic rings. The average molecular weight is 365 g/mol. The first kappa shape index (κ1) is 17.0. The van der Waals surface area contributed by atoms with E-state index in [2.05, 4.69) is 15.1 Å². The number of ether oxygens (including phenoxy) is 2. The highest BCUT2D eigenvalue weighted by Gasteiger charge is 2.31. The summed E-state index contributed by atoms with van der Waals surface area (Å²) in [6, 6.07) is 7.27. The summed E-state index contributed by atoms with van der Waals surface area (Å²) >= 11 is 0. The Hall–Kier alpha value is -3.42. The fourth-order valence-electron chi connectivity index (χ4n) is 3.07. The lowest BCUT2D eigenvalue weighted by atomic mass is 10.1. The lowest BCUT2D eigenvalue weighted by molar-refractivity contribution is 0.0996. The second kappa shape index (κ2) is 6.71. The molecule has 138 valence electrons. The highest BCUT2D eigenvalue weighted by molar-refractivity contribution is 6.09. The number of methoxy groups -OCH3 is 2. The zero-order valence-electron chi connectivity index (χ0n) is 15.3. The van der Waals surface area contributed by atoms with Crippen LogP contribution in [0.1, 0.15) is 23.0 Å². The second-order valence-electron chi connectivity index (χ2n) is 6.05. The molecule has 1 aliphatic heterocycles. The third kappa shape index (κ3) is 2.88. The van der Waals surface area contributed by atoms with Gasteiger partial charge < -0.3 is 9.47 Å². The van der Waals surface area contributed by atoms with Crippen molar-refractivity contribution in [2.24, 2.45) is 0 Å². The number of hydrogen-bond donors (Lipinski definition) is 0. The Balaban J connectivity index is 1.66. The fourth-order valence-corrected chi connectivity index (χ4v) is 3.07. The average Bonchev–Trinajstić information content (AvgIpc) is 3.31. The molecule has 27 heavy (non-hydrogen) atoms. The van der Waals surface area contributed by atoms with Gasteiger partial charge in [-0.2, -0.15) is 5.10 Å². The Morgan fingerprint density at radius 2 is 2.04 bits per heavy atom. The summed E-state index contributed by atoms with van der Waals surface area (Å²) in [5.41, 5.74) is 2.82. The van der Waals surface area contributed by atoms with Crippen LogP contribution in [0.3, 0.4) is 0 Å². The summed E-state index contributed by atoms with van der Waals surface area (Å²) in [6.45, 7) is 3.15. The van der Waals surface area contributed by atoms with Crippen LogP contribution in [0.25, 0.3) is 11.3 Å². The van der Waals surface area contributed by atoms with Crippen molar-refractivity contribution in [1.82, 2.24) is 19.7 Å². The molecule has 8 nitrogen and oxygen atoms in total. The zero-order valence-corrected chi connectivity index (χ0v) is 15.3. The second-order valence-corrected chi connectivity index (χ2v) is 6.05. The monoisotopic (exact) mass is 365 g/mol. The van der Waals surface area contributed by atoms with Crippen LogP contribution in [0.4, 0.5) is 5.82 Å². The van der Waals surface area contributed by atoms with Gasteiger partial charge >= 0.3 is 0 Å². The molecule has 0 aliphatic carbocycles. The highest BCUT2D eigenvalue weighted by atomic mass is 16.5. The number of hydrogen-bond acceptors (Lipinski definition) is 6. The summed E-state index contributed by atoms with van der Waals surface area (Å²) in [7, 11) is 3.10. The van der Waals surface area contributed by atoms with Gasteiger partial charge in [0.1, 0.15) is 0 Å². The number of aromatic nitrogens is 4. The molecule has 0 fully saturated rings. The number of fused-ring (bicyclic) bond motifs is 1. The summed E-state index contributed by atoms with van der Waals surface area (Å²) in [5, 5.41) is 4.42. The number of amides is 1. The fraction of sp³-hybridized carbons (Fsp3) is 0.263. The van der Waals surface area contributed by atoms with E-state index in [1.807, 2.05) is 31.3 Å². The number of carbonyl (C=O) groups is 1. The molecule has 3 aromatic heterocycles. The molecule has 0 spiro atoms. The normalized spacial score (nSPS) is 13.0. The largest absolute Gasteiger partial charge is 0.491 e. The zero-order chi connectivity index (χ0) is 19.0. The molecular weight excluding hydrogens is 346 g/mol. The smallest absolute Gasteiger partial charge is 0.261 e. The predicted octanol–water partition coefficient (Wildman–Crippen LogP) is 2.54. The number of rotatable bonds is 5. The Morgan fingerprint density at radius 1 is 1.19 bits per heavy atom. The standard InChI is InChI=1S/C19H19N5O3/c1-4-23-8-7-17(22-23)24-11-15-13(19(24)25)5-6-14(21-15)12-9-16(26-2)18(27-3)20-10-12/h5-10H,4,11H2,1-3H3. The van der Waals surface area contributed by atoms with E-state index in [1.165, 1.54) is 7.11 Å². The van der Waals surface area contributed by atoms with Gasteiger partial charge in [0.25, 0.3) is 11.8 Å². The van der Waals surface area contributed by atoms with Gasteiger partial charge in [0.15, 0.2) is 11.6 Å².